The lowest BCUT2D eigenvalue weighted by atomic mass is 9.84. The van der Waals surface area contributed by atoms with Gasteiger partial charge in [0.1, 0.15) is 0 Å². The van der Waals surface area contributed by atoms with Crippen LogP contribution in [0.5, 0.6) is 0 Å². The first-order valence-electron chi connectivity index (χ1n) is 6.82. The van der Waals surface area contributed by atoms with E-state index in [0.29, 0.717) is 12.5 Å². The number of aromatic nitrogens is 2. The fourth-order valence-corrected chi connectivity index (χ4v) is 2.76. The van der Waals surface area contributed by atoms with Crippen molar-refractivity contribution in [2.75, 3.05) is 0 Å². The standard InChI is InChI=1S/C14H22N2O/c1-3-11-6-5-7-13(8-11)16-10-12(9-15-16)14(17)4-2/h9-11,13H,3-8H2,1-2H3. The van der Waals surface area contributed by atoms with Gasteiger partial charge in [0, 0.05) is 12.6 Å². The van der Waals surface area contributed by atoms with Crippen LogP contribution >= 0.6 is 0 Å². The molecule has 2 unspecified atom stereocenters. The molecule has 0 aliphatic heterocycles. The van der Waals surface area contributed by atoms with E-state index in [0.717, 1.165) is 11.5 Å². The van der Waals surface area contributed by atoms with E-state index in [-0.39, 0.29) is 5.78 Å². The molecular weight excluding hydrogens is 212 g/mol. The number of rotatable bonds is 4. The highest BCUT2D eigenvalue weighted by Crippen LogP contribution is 2.33. The Labute approximate surface area is 103 Å². The van der Waals surface area contributed by atoms with E-state index in [4.69, 9.17) is 0 Å². The number of ketones is 1. The second-order valence-electron chi connectivity index (χ2n) is 5.08. The fraction of sp³-hybridized carbons (Fsp3) is 0.714. The van der Waals surface area contributed by atoms with Crippen LogP contribution in [0.15, 0.2) is 12.4 Å². The molecule has 0 radical (unpaired) electrons. The zero-order chi connectivity index (χ0) is 12.3. The van der Waals surface area contributed by atoms with Gasteiger partial charge in [-0.2, -0.15) is 5.10 Å². The number of nitrogens with zero attached hydrogens (tertiary/aromatic N) is 2. The molecule has 0 bridgehead atoms. The SMILES string of the molecule is CCC(=O)c1cnn(C2CCCC(CC)C2)c1. The van der Waals surface area contributed by atoms with Gasteiger partial charge in [-0.05, 0) is 18.8 Å². The molecule has 1 aromatic heterocycles. The van der Waals surface area contributed by atoms with Crippen LogP contribution in [0.4, 0.5) is 0 Å². The minimum Gasteiger partial charge on any atom is -0.294 e. The van der Waals surface area contributed by atoms with Crippen molar-refractivity contribution >= 4 is 5.78 Å². The Hall–Kier alpha value is -1.12. The van der Waals surface area contributed by atoms with Crippen molar-refractivity contribution in [2.24, 2.45) is 5.92 Å². The van der Waals surface area contributed by atoms with Crippen LogP contribution in [0.25, 0.3) is 0 Å². The Bertz CT molecular complexity index is 383. The quantitative estimate of drug-likeness (QED) is 0.746. The number of hydrogen-bond acceptors (Lipinski definition) is 2. The summed E-state index contributed by atoms with van der Waals surface area (Å²) in [6.07, 6.45) is 10.6. The molecule has 94 valence electrons. The molecule has 1 saturated carbocycles. The van der Waals surface area contributed by atoms with Gasteiger partial charge in [0.25, 0.3) is 0 Å². The van der Waals surface area contributed by atoms with Gasteiger partial charge >= 0.3 is 0 Å². The van der Waals surface area contributed by atoms with Crippen LogP contribution in [-0.2, 0) is 0 Å². The van der Waals surface area contributed by atoms with Gasteiger partial charge in [-0.1, -0.05) is 33.1 Å². The molecule has 17 heavy (non-hydrogen) atoms. The maximum Gasteiger partial charge on any atom is 0.165 e. The molecular formula is C14H22N2O. The van der Waals surface area contributed by atoms with Gasteiger partial charge in [-0.25, -0.2) is 0 Å². The minimum absolute atomic E-state index is 0.194. The van der Waals surface area contributed by atoms with E-state index >= 15 is 0 Å². The first-order chi connectivity index (χ1) is 8.24. The molecule has 1 aromatic rings. The zero-order valence-electron chi connectivity index (χ0n) is 10.9. The second kappa shape index (κ2) is 5.48. The average Bonchev–Trinajstić information content (AvgIpc) is 2.87. The molecule has 0 N–H and O–H groups in total. The molecule has 2 rings (SSSR count). The van der Waals surface area contributed by atoms with Crippen molar-refractivity contribution in [3.63, 3.8) is 0 Å². The topological polar surface area (TPSA) is 34.9 Å². The van der Waals surface area contributed by atoms with E-state index in [9.17, 15) is 4.79 Å². The molecule has 1 aliphatic carbocycles. The Kier molecular flexibility index (Phi) is 3.97. The van der Waals surface area contributed by atoms with Gasteiger partial charge in [0.05, 0.1) is 17.8 Å². The van der Waals surface area contributed by atoms with Crippen molar-refractivity contribution in [1.29, 1.82) is 0 Å². The van der Waals surface area contributed by atoms with E-state index in [1.54, 1.807) is 6.20 Å². The predicted molar refractivity (Wildman–Crippen MR) is 68.1 cm³/mol. The van der Waals surface area contributed by atoms with Crippen molar-refractivity contribution in [1.82, 2.24) is 9.78 Å². The molecule has 0 saturated heterocycles. The smallest absolute Gasteiger partial charge is 0.165 e. The molecule has 2 atom stereocenters. The van der Waals surface area contributed by atoms with Gasteiger partial charge in [-0.15, -0.1) is 0 Å². The molecule has 3 heteroatoms. The Balaban J connectivity index is 2.06. The summed E-state index contributed by atoms with van der Waals surface area (Å²) in [5.41, 5.74) is 0.770. The number of hydrogen-bond donors (Lipinski definition) is 0. The lowest BCUT2D eigenvalue weighted by Gasteiger charge is -2.28. The fourth-order valence-electron chi connectivity index (χ4n) is 2.76. The van der Waals surface area contributed by atoms with E-state index < -0.39 is 0 Å². The summed E-state index contributed by atoms with van der Waals surface area (Å²) >= 11 is 0. The maximum atomic E-state index is 11.6. The van der Waals surface area contributed by atoms with Crippen LogP contribution in [-0.4, -0.2) is 15.6 Å². The summed E-state index contributed by atoms with van der Waals surface area (Å²) in [5.74, 6) is 1.03. The summed E-state index contributed by atoms with van der Waals surface area (Å²) in [6, 6.07) is 0.507. The molecule has 1 fully saturated rings. The highest BCUT2D eigenvalue weighted by molar-refractivity contribution is 5.95. The van der Waals surface area contributed by atoms with Crippen LogP contribution < -0.4 is 0 Å². The summed E-state index contributed by atoms with van der Waals surface area (Å²) in [7, 11) is 0. The summed E-state index contributed by atoms with van der Waals surface area (Å²) in [5, 5.41) is 4.37. The molecule has 0 amide bonds. The monoisotopic (exact) mass is 234 g/mol. The van der Waals surface area contributed by atoms with Gasteiger partial charge in [0.2, 0.25) is 0 Å². The third-order valence-corrected chi connectivity index (χ3v) is 3.95. The first kappa shape index (κ1) is 12.3. The highest BCUT2D eigenvalue weighted by atomic mass is 16.1. The summed E-state index contributed by atoms with van der Waals surface area (Å²) < 4.78 is 2.02. The molecule has 1 aliphatic rings. The normalized spacial score (nSPS) is 24.8. The molecule has 0 aromatic carbocycles. The highest BCUT2D eigenvalue weighted by Gasteiger charge is 2.23. The van der Waals surface area contributed by atoms with Crippen LogP contribution in [0, 0.1) is 5.92 Å². The number of Topliss-reactive ketones (excluding diaryl/α,β-unsaturated/α-hetero) is 1. The maximum absolute atomic E-state index is 11.6. The molecule has 0 spiro atoms. The van der Waals surface area contributed by atoms with E-state index in [1.807, 2.05) is 17.8 Å². The minimum atomic E-state index is 0.194. The lowest BCUT2D eigenvalue weighted by molar-refractivity contribution is 0.0988. The third-order valence-electron chi connectivity index (χ3n) is 3.95. The average molecular weight is 234 g/mol. The zero-order valence-corrected chi connectivity index (χ0v) is 10.9. The Morgan fingerprint density at radius 3 is 3.00 bits per heavy atom. The van der Waals surface area contributed by atoms with Crippen molar-refractivity contribution < 1.29 is 4.79 Å². The number of carbonyl (C=O) groups is 1. The Morgan fingerprint density at radius 1 is 1.47 bits per heavy atom. The Morgan fingerprint density at radius 2 is 2.29 bits per heavy atom. The first-order valence-corrected chi connectivity index (χ1v) is 6.82. The van der Waals surface area contributed by atoms with Gasteiger partial charge < -0.3 is 0 Å². The van der Waals surface area contributed by atoms with Crippen molar-refractivity contribution in [3.05, 3.63) is 18.0 Å². The largest absolute Gasteiger partial charge is 0.294 e. The van der Waals surface area contributed by atoms with Crippen molar-refractivity contribution in [2.45, 2.75) is 58.4 Å². The van der Waals surface area contributed by atoms with Gasteiger partial charge in [-0.3, -0.25) is 9.48 Å². The summed E-state index contributed by atoms with van der Waals surface area (Å²) in [6.45, 7) is 4.16. The van der Waals surface area contributed by atoms with Crippen LogP contribution in [0.1, 0.15) is 68.8 Å². The van der Waals surface area contributed by atoms with Crippen molar-refractivity contribution in [3.8, 4) is 0 Å². The van der Waals surface area contributed by atoms with E-state index in [1.165, 1.54) is 32.1 Å². The summed E-state index contributed by atoms with van der Waals surface area (Å²) in [4.78, 5) is 11.6. The van der Waals surface area contributed by atoms with Gasteiger partial charge in [0.15, 0.2) is 5.78 Å². The molecule has 3 nitrogen and oxygen atoms in total. The second-order valence-corrected chi connectivity index (χ2v) is 5.08. The van der Waals surface area contributed by atoms with Crippen LogP contribution in [0.2, 0.25) is 0 Å². The number of carbonyl (C=O) groups excluding carboxylic acids is 1. The van der Waals surface area contributed by atoms with E-state index in [2.05, 4.69) is 12.0 Å². The predicted octanol–water partition coefficient (Wildman–Crippen LogP) is 3.62. The molecule has 1 heterocycles. The lowest BCUT2D eigenvalue weighted by Crippen LogP contribution is -2.19. The third kappa shape index (κ3) is 2.76. The van der Waals surface area contributed by atoms with Crippen LogP contribution in [0.3, 0.4) is 0 Å².